The number of nitrogens with zero attached hydrogens (tertiary/aromatic N) is 3. The molecule has 3 rings (SSSR count). The lowest BCUT2D eigenvalue weighted by molar-refractivity contribution is 0.917. The normalized spacial score (nSPS) is 10.4. The van der Waals surface area contributed by atoms with Crippen LogP contribution < -0.4 is 4.90 Å². The van der Waals surface area contributed by atoms with Gasteiger partial charge in [0.05, 0.1) is 23.7 Å². The van der Waals surface area contributed by atoms with E-state index >= 15 is 0 Å². The van der Waals surface area contributed by atoms with Crippen LogP contribution in [0.15, 0.2) is 47.8 Å². The molecule has 0 aliphatic heterocycles. The number of pyridine rings is 1. The monoisotopic (exact) mass is 279 g/mol. The SMILES string of the molecule is CN(Cc1cccs1)c1cc(C#N)c2ccccc2n1. The maximum Gasteiger partial charge on any atom is 0.130 e. The van der Waals surface area contributed by atoms with Crippen molar-refractivity contribution in [2.24, 2.45) is 0 Å². The molecule has 98 valence electrons. The summed E-state index contributed by atoms with van der Waals surface area (Å²) in [6.45, 7) is 0.799. The Bertz CT molecular complexity index is 772. The molecule has 3 nitrogen and oxygen atoms in total. The van der Waals surface area contributed by atoms with Gasteiger partial charge in [-0.1, -0.05) is 24.3 Å². The second kappa shape index (κ2) is 5.32. The van der Waals surface area contributed by atoms with Crippen LogP contribution in [0.1, 0.15) is 10.4 Å². The molecule has 0 saturated carbocycles. The Morgan fingerprint density at radius 2 is 2.10 bits per heavy atom. The Morgan fingerprint density at radius 1 is 1.25 bits per heavy atom. The van der Waals surface area contributed by atoms with E-state index in [9.17, 15) is 5.26 Å². The van der Waals surface area contributed by atoms with Gasteiger partial charge in [-0.3, -0.25) is 0 Å². The summed E-state index contributed by atoms with van der Waals surface area (Å²) in [5, 5.41) is 12.3. The number of aromatic nitrogens is 1. The molecule has 2 aromatic heterocycles. The minimum atomic E-state index is 0.670. The molecule has 20 heavy (non-hydrogen) atoms. The zero-order valence-electron chi connectivity index (χ0n) is 11.1. The van der Waals surface area contributed by atoms with Crippen LogP contribution in [0, 0.1) is 11.3 Å². The maximum absolute atomic E-state index is 9.30. The quantitative estimate of drug-likeness (QED) is 0.732. The van der Waals surface area contributed by atoms with Crippen molar-refractivity contribution >= 4 is 28.1 Å². The lowest BCUT2D eigenvalue weighted by Crippen LogP contribution is -2.17. The first-order valence-corrected chi connectivity index (χ1v) is 7.19. The van der Waals surface area contributed by atoms with E-state index < -0.39 is 0 Å². The van der Waals surface area contributed by atoms with E-state index in [1.807, 2.05) is 43.4 Å². The topological polar surface area (TPSA) is 39.9 Å². The smallest absolute Gasteiger partial charge is 0.130 e. The molecule has 4 heteroatoms. The average Bonchev–Trinajstić information content (AvgIpc) is 2.99. The third-order valence-electron chi connectivity index (χ3n) is 3.19. The number of para-hydroxylation sites is 1. The molecule has 0 radical (unpaired) electrons. The number of anilines is 1. The van der Waals surface area contributed by atoms with E-state index in [-0.39, 0.29) is 0 Å². The molecule has 0 aliphatic rings. The lowest BCUT2D eigenvalue weighted by Gasteiger charge is -2.18. The van der Waals surface area contributed by atoms with Gasteiger partial charge in [-0.2, -0.15) is 5.26 Å². The molecule has 3 aromatic rings. The summed E-state index contributed by atoms with van der Waals surface area (Å²) < 4.78 is 0. The number of thiophene rings is 1. The minimum Gasteiger partial charge on any atom is -0.354 e. The fraction of sp³-hybridized carbons (Fsp3) is 0.125. The summed E-state index contributed by atoms with van der Waals surface area (Å²) in [4.78, 5) is 7.99. The van der Waals surface area contributed by atoms with Gasteiger partial charge in [-0.15, -0.1) is 11.3 Å². The first-order chi connectivity index (χ1) is 9.78. The molecular formula is C16H13N3S. The molecule has 0 saturated heterocycles. The van der Waals surface area contributed by atoms with Crippen molar-refractivity contribution in [3.63, 3.8) is 0 Å². The van der Waals surface area contributed by atoms with Crippen LogP contribution in [0.4, 0.5) is 5.82 Å². The molecular weight excluding hydrogens is 266 g/mol. The molecule has 0 bridgehead atoms. The Labute approximate surface area is 121 Å². The van der Waals surface area contributed by atoms with Gasteiger partial charge in [-0.25, -0.2) is 4.98 Å². The Balaban J connectivity index is 2.01. The van der Waals surface area contributed by atoms with Gasteiger partial charge in [0.1, 0.15) is 5.82 Å². The van der Waals surface area contributed by atoms with Crippen molar-refractivity contribution in [1.82, 2.24) is 4.98 Å². The molecule has 0 aliphatic carbocycles. The fourth-order valence-electron chi connectivity index (χ4n) is 2.17. The molecule has 1 aromatic carbocycles. The number of hydrogen-bond donors (Lipinski definition) is 0. The van der Waals surface area contributed by atoms with Gasteiger partial charge >= 0.3 is 0 Å². The highest BCUT2D eigenvalue weighted by Gasteiger charge is 2.09. The molecule has 0 spiro atoms. The Morgan fingerprint density at radius 3 is 2.85 bits per heavy atom. The van der Waals surface area contributed by atoms with Gasteiger partial charge in [0.25, 0.3) is 0 Å². The molecule has 0 atom stereocenters. The molecule has 0 unspecified atom stereocenters. The van der Waals surface area contributed by atoms with E-state index in [0.717, 1.165) is 23.3 Å². The summed E-state index contributed by atoms with van der Waals surface area (Å²) in [6.07, 6.45) is 0. The summed E-state index contributed by atoms with van der Waals surface area (Å²) in [5.41, 5.74) is 1.53. The van der Waals surface area contributed by atoms with Gasteiger partial charge in [0.15, 0.2) is 0 Å². The first kappa shape index (κ1) is 12.6. The first-order valence-electron chi connectivity index (χ1n) is 6.31. The zero-order chi connectivity index (χ0) is 13.9. The highest BCUT2D eigenvalue weighted by atomic mass is 32.1. The fourth-order valence-corrected chi connectivity index (χ4v) is 2.92. The van der Waals surface area contributed by atoms with E-state index in [4.69, 9.17) is 0 Å². The second-order valence-electron chi connectivity index (χ2n) is 4.59. The lowest BCUT2D eigenvalue weighted by atomic mass is 10.1. The van der Waals surface area contributed by atoms with Crippen molar-refractivity contribution in [3.05, 3.63) is 58.3 Å². The molecule has 0 fully saturated rings. The number of hydrogen-bond acceptors (Lipinski definition) is 4. The minimum absolute atomic E-state index is 0.670. The Kier molecular flexibility index (Phi) is 3.36. The largest absolute Gasteiger partial charge is 0.354 e. The van der Waals surface area contributed by atoms with Crippen molar-refractivity contribution in [3.8, 4) is 6.07 Å². The number of rotatable bonds is 3. The predicted octanol–water partition coefficient (Wildman–Crippen LogP) is 3.80. The third-order valence-corrected chi connectivity index (χ3v) is 4.05. The van der Waals surface area contributed by atoms with Crippen LogP contribution in [-0.2, 0) is 6.54 Å². The van der Waals surface area contributed by atoms with Crippen LogP contribution in [0.3, 0.4) is 0 Å². The van der Waals surface area contributed by atoms with Gasteiger partial charge < -0.3 is 4.90 Å². The predicted molar refractivity (Wildman–Crippen MR) is 82.9 cm³/mol. The van der Waals surface area contributed by atoms with Crippen molar-refractivity contribution in [2.45, 2.75) is 6.54 Å². The van der Waals surface area contributed by atoms with Crippen LogP contribution in [-0.4, -0.2) is 12.0 Å². The van der Waals surface area contributed by atoms with Crippen LogP contribution >= 0.6 is 11.3 Å². The molecule has 2 heterocycles. The zero-order valence-corrected chi connectivity index (χ0v) is 11.9. The van der Waals surface area contributed by atoms with E-state index in [0.29, 0.717) is 5.56 Å². The van der Waals surface area contributed by atoms with E-state index in [1.54, 1.807) is 11.3 Å². The highest BCUT2D eigenvalue weighted by Crippen LogP contribution is 2.23. The van der Waals surface area contributed by atoms with E-state index in [1.165, 1.54) is 4.88 Å². The summed E-state index contributed by atoms with van der Waals surface area (Å²) in [5.74, 6) is 0.827. The Hall–Kier alpha value is -2.38. The number of fused-ring (bicyclic) bond motifs is 1. The van der Waals surface area contributed by atoms with Gasteiger partial charge in [0.2, 0.25) is 0 Å². The van der Waals surface area contributed by atoms with Crippen molar-refractivity contribution in [1.29, 1.82) is 5.26 Å². The van der Waals surface area contributed by atoms with E-state index in [2.05, 4.69) is 27.4 Å². The second-order valence-corrected chi connectivity index (χ2v) is 5.62. The van der Waals surface area contributed by atoms with Crippen molar-refractivity contribution in [2.75, 3.05) is 11.9 Å². The number of benzene rings is 1. The third kappa shape index (κ3) is 2.36. The van der Waals surface area contributed by atoms with Crippen LogP contribution in [0.5, 0.6) is 0 Å². The summed E-state index contributed by atoms with van der Waals surface area (Å²) >= 11 is 1.73. The van der Waals surface area contributed by atoms with Gasteiger partial charge in [0, 0.05) is 17.3 Å². The summed E-state index contributed by atoms with van der Waals surface area (Å²) in [6, 6.07) is 16.0. The molecule has 0 amide bonds. The average molecular weight is 279 g/mol. The maximum atomic E-state index is 9.30. The standard InChI is InChI=1S/C16H13N3S/c1-19(11-13-5-4-8-20-13)16-9-12(10-17)14-6-2-3-7-15(14)18-16/h2-9H,11H2,1H3. The van der Waals surface area contributed by atoms with Crippen LogP contribution in [0.2, 0.25) is 0 Å². The number of nitriles is 1. The molecule has 0 N–H and O–H groups in total. The van der Waals surface area contributed by atoms with Crippen molar-refractivity contribution < 1.29 is 0 Å². The highest BCUT2D eigenvalue weighted by molar-refractivity contribution is 7.09. The van der Waals surface area contributed by atoms with Gasteiger partial charge in [-0.05, 0) is 23.6 Å². The van der Waals surface area contributed by atoms with Crippen LogP contribution in [0.25, 0.3) is 10.9 Å². The summed E-state index contributed by atoms with van der Waals surface area (Å²) in [7, 11) is 2.00.